The van der Waals surface area contributed by atoms with Crippen LogP contribution in [0.5, 0.6) is 0 Å². The van der Waals surface area contributed by atoms with Crippen LogP contribution < -0.4 is 10.2 Å². The van der Waals surface area contributed by atoms with Crippen LogP contribution in [0, 0.1) is 0 Å². The SMILES string of the molecule is CSc1nccc(N(C)C[C@H]2CCCN2)n1. The van der Waals surface area contributed by atoms with Gasteiger partial charge in [0.25, 0.3) is 0 Å². The molecule has 1 atom stereocenters. The minimum absolute atomic E-state index is 0.609. The number of nitrogens with zero attached hydrogens (tertiary/aromatic N) is 3. The number of nitrogens with one attached hydrogen (secondary N) is 1. The third kappa shape index (κ3) is 2.86. The Morgan fingerprint density at radius 3 is 3.19 bits per heavy atom. The third-order valence-electron chi connectivity index (χ3n) is 2.85. The molecule has 0 amide bonds. The van der Waals surface area contributed by atoms with Gasteiger partial charge in [-0.05, 0) is 31.7 Å². The Hall–Kier alpha value is -0.810. The lowest BCUT2D eigenvalue weighted by molar-refractivity contribution is 0.596. The van der Waals surface area contributed by atoms with Gasteiger partial charge in [0.05, 0.1) is 0 Å². The Morgan fingerprint density at radius 2 is 2.50 bits per heavy atom. The zero-order valence-electron chi connectivity index (χ0n) is 9.81. The van der Waals surface area contributed by atoms with Gasteiger partial charge in [0.1, 0.15) is 5.82 Å². The van der Waals surface area contributed by atoms with Gasteiger partial charge in [-0.3, -0.25) is 0 Å². The summed E-state index contributed by atoms with van der Waals surface area (Å²) in [7, 11) is 2.09. The van der Waals surface area contributed by atoms with Gasteiger partial charge in [-0.25, -0.2) is 9.97 Å². The van der Waals surface area contributed by atoms with E-state index in [1.165, 1.54) is 12.8 Å². The van der Waals surface area contributed by atoms with Gasteiger partial charge in [0, 0.05) is 25.8 Å². The maximum atomic E-state index is 4.48. The molecule has 0 aliphatic carbocycles. The van der Waals surface area contributed by atoms with Gasteiger partial charge in [0.2, 0.25) is 0 Å². The van der Waals surface area contributed by atoms with E-state index in [1.54, 1.807) is 11.8 Å². The van der Waals surface area contributed by atoms with E-state index in [1.807, 2.05) is 18.5 Å². The van der Waals surface area contributed by atoms with Crippen molar-refractivity contribution in [2.24, 2.45) is 0 Å². The number of rotatable bonds is 4. The fourth-order valence-electron chi connectivity index (χ4n) is 1.98. The molecule has 0 aromatic carbocycles. The highest BCUT2D eigenvalue weighted by Crippen LogP contribution is 2.15. The van der Waals surface area contributed by atoms with Crippen LogP contribution in [0.15, 0.2) is 17.4 Å². The molecule has 0 unspecified atom stereocenters. The normalized spacial score (nSPS) is 20.0. The van der Waals surface area contributed by atoms with Crippen molar-refractivity contribution in [1.29, 1.82) is 0 Å². The van der Waals surface area contributed by atoms with E-state index in [4.69, 9.17) is 0 Å². The topological polar surface area (TPSA) is 41.1 Å². The molecule has 2 rings (SSSR count). The smallest absolute Gasteiger partial charge is 0.189 e. The lowest BCUT2D eigenvalue weighted by Gasteiger charge is -2.22. The average molecular weight is 238 g/mol. The van der Waals surface area contributed by atoms with Crippen LogP contribution in [-0.4, -0.2) is 42.4 Å². The van der Waals surface area contributed by atoms with Crippen molar-refractivity contribution in [2.75, 3.05) is 31.3 Å². The van der Waals surface area contributed by atoms with Crippen LogP contribution in [-0.2, 0) is 0 Å². The third-order valence-corrected chi connectivity index (χ3v) is 3.41. The molecule has 1 aliphatic heterocycles. The number of hydrogen-bond acceptors (Lipinski definition) is 5. The lowest BCUT2D eigenvalue weighted by atomic mass is 10.2. The summed E-state index contributed by atoms with van der Waals surface area (Å²) in [5, 5.41) is 4.33. The number of hydrogen-bond donors (Lipinski definition) is 1. The van der Waals surface area contributed by atoms with Crippen LogP contribution in [0.25, 0.3) is 0 Å². The molecule has 0 spiro atoms. The Bertz CT molecular complexity index is 339. The average Bonchev–Trinajstić information content (AvgIpc) is 2.82. The Labute approximate surface area is 101 Å². The molecule has 0 radical (unpaired) electrons. The van der Waals surface area contributed by atoms with E-state index in [2.05, 4.69) is 27.2 Å². The van der Waals surface area contributed by atoms with E-state index in [9.17, 15) is 0 Å². The highest BCUT2D eigenvalue weighted by atomic mass is 32.2. The Morgan fingerprint density at radius 1 is 1.62 bits per heavy atom. The summed E-state index contributed by atoms with van der Waals surface area (Å²) in [4.78, 5) is 10.9. The quantitative estimate of drug-likeness (QED) is 0.634. The minimum Gasteiger partial charge on any atom is -0.358 e. The van der Waals surface area contributed by atoms with Crippen LogP contribution in [0.3, 0.4) is 0 Å². The molecule has 4 nitrogen and oxygen atoms in total. The van der Waals surface area contributed by atoms with E-state index >= 15 is 0 Å². The molecule has 1 saturated heterocycles. The monoisotopic (exact) mass is 238 g/mol. The zero-order chi connectivity index (χ0) is 11.4. The molecular formula is C11H18N4S. The first-order valence-corrected chi connectivity index (χ1v) is 6.83. The summed E-state index contributed by atoms with van der Waals surface area (Å²) in [5.41, 5.74) is 0. The van der Waals surface area contributed by atoms with Gasteiger partial charge in [-0.2, -0.15) is 0 Å². The van der Waals surface area contributed by atoms with Crippen molar-refractivity contribution < 1.29 is 0 Å². The van der Waals surface area contributed by atoms with Crippen LogP contribution in [0.1, 0.15) is 12.8 Å². The van der Waals surface area contributed by atoms with Gasteiger partial charge >= 0.3 is 0 Å². The summed E-state index contributed by atoms with van der Waals surface area (Å²) in [5.74, 6) is 1.01. The molecule has 1 aliphatic rings. The van der Waals surface area contributed by atoms with E-state index in [0.29, 0.717) is 6.04 Å². The maximum absolute atomic E-state index is 4.48. The van der Waals surface area contributed by atoms with Gasteiger partial charge < -0.3 is 10.2 Å². The number of thioether (sulfide) groups is 1. The molecule has 0 bridgehead atoms. The Kier molecular flexibility index (Phi) is 4.01. The molecule has 1 fully saturated rings. The number of aromatic nitrogens is 2. The highest BCUT2D eigenvalue weighted by molar-refractivity contribution is 7.98. The zero-order valence-corrected chi connectivity index (χ0v) is 10.6. The second kappa shape index (κ2) is 5.50. The van der Waals surface area contributed by atoms with E-state index in [0.717, 1.165) is 24.1 Å². The molecular weight excluding hydrogens is 220 g/mol. The fourth-order valence-corrected chi connectivity index (χ4v) is 2.33. The predicted molar refractivity (Wildman–Crippen MR) is 68.1 cm³/mol. The fraction of sp³-hybridized carbons (Fsp3) is 0.636. The minimum atomic E-state index is 0.609. The van der Waals surface area contributed by atoms with Crippen molar-refractivity contribution in [1.82, 2.24) is 15.3 Å². The highest BCUT2D eigenvalue weighted by Gasteiger charge is 2.16. The van der Waals surface area contributed by atoms with Gasteiger partial charge in [-0.1, -0.05) is 11.8 Å². The first-order chi connectivity index (χ1) is 7.79. The molecule has 88 valence electrons. The van der Waals surface area contributed by atoms with Crippen molar-refractivity contribution in [2.45, 2.75) is 24.0 Å². The standard InChI is InChI=1S/C11H18N4S/c1-15(8-9-4-3-6-12-9)10-5-7-13-11(14-10)16-2/h5,7,9,12H,3-4,6,8H2,1-2H3/t9-/m1/s1. The number of likely N-dealkylation sites (N-methyl/N-ethyl adjacent to an activating group) is 1. The first-order valence-electron chi connectivity index (χ1n) is 5.61. The molecule has 2 heterocycles. The second-order valence-corrected chi connectivity index (χ2v) is 4.85. The molecule has 16 heavy (non-hydrogen) atoms. The summed E-state index contributed by atoms with van der Waals surface area (Å²) >= 11 is 1.58. The van der Waals surface area contributed by atoms with Crippen molar-refractivity contribution >= 4 is 17.6 Å². The summed E-state index contributed by atoms with van der Waals surface area (Å²) < 4.78 is 0. The van der Waals surface area contributed by atoms with E-state index in [-0.39, 0.29) is 0 Å². The van der Waals surface area contributed by atoms with Crippen molar-refractivity contribution in [3.63, 3.8) is 0 Å². The predicted octanol–water partition coefficient (Wildman–Crippen LogP) is 1.39. The first kappa shape index (κ1) is 11.7. The van der Waals surface area contributed by atoms with Gasteiger partial charge in [-0.15, -0.1) is 0 Å². The molecule has 5 heteroatoms. The molecule has 1 aromatic rings. The Balaban J connectivity index is 1.98. The van der Waals surface area contributed by atoms with Gasteiger partial charge in [0.15, 0.2) is 5.16 Å². The molecule has 1 aromatic heterocycles. The van der Waals surface area contributed by atoms with Crippen LogP contribution >= 0.6 is 11.8 Å². The van der Waals surface area contributed by atoms with Crippen LogP contribution in [0.4, 0.5) is 5.82 Å². The summed E-state index contributed by atoms with van der Waals surface area (Å²) in [6.45, 7) is 2.17. The molecule has 0 saturated carbocycles. The van der Waals surface area contributed by atoms with Crippen molar-refractivity contribution in [3.8, 4) is 0 Å². The van der Waals surface area contributed by atoms with Crippen LogP contribution in [0.2, 0.25) is 0 Å². The summed E-state index contributed by atoms with van der Waals surface area (Å²) in [6, 6.07) is 2.58. The van der Waals surface area contributed by atoms with E-state index < -0.39 is 0 Å². The largest absolute Gasteiger partial charge is 0.358 e. The lowest BCUT2D eigenvalue weighted by Crippen LogP contribution is -2.35. The summed E-state index contributed by atoms with van der Waals surface area (Å²) in [6.07, 6.45) is 6.38. The second-order valence-electron chi connectivity index (χ2n) is 4.08. The molecule has 1 N–H and O–H groups in total. The maximum Gasteiger partial charge on any atom is 0.189 e. The van der Waals surface area contributed by atoms with Crippen molar-refractivity contribution in [3.05, 3.63) is 12.3 Å². The number of anilines is 1.